The normalized spacial score (nSPS) is 10.6. The molecule has 0 fully saturated rings. The molecule has 1 aromatic carbocycles. The van der Waals surface area contributed by atoms with E-state index in [9.17, 15) is 4.39 Å². The third kappa shape index (κ3) is 3.27. The van der Waals surface area contributed by atoms with Gasteiger partial charge in [0.25, 0.3) is 0 Å². The number of nitrogens with one attached hydrogen (secondary N) is 1. The van der Waals surface area contributed by atoms with Crippen molar-refractivity contribution < 1.29 is 4.39 Å². The number of hydrogen-bond donors (Lipinski definition) is 1. The second-order valence-corrected chi connectivity index (χ2v) is 4.69. The lowest BCUT2D eigenvalue weighted by molar-refractivity contribution is 0.591. The van der Waals surface area contributed by atoms with Crippen LogP contribution in [-0.2, 0) is 6.54 Å². The minimum Gasteiger partial charge on any atom is -0.313 e. The largest absolute Gasteiger partial charge is 0.313 e. The van der Waals surface area contributed by atoms with Crippen LogP contribution in [-0.4, -0.2) is 16.5 Å². The zero-order valence-electron chi connectivity index (χ0n) is 10.1. The minimum absolute atomic E-state index is 0.214. The number of halogens is 1. The van der Waals surface area contributed by atoms with Crippen molar-refractivity contribution in [3.63, 3.8) is 0 Å². The number of nitrogens with zero attached hydrogens (tertiary/aromatic N) is 2. The summed E-state index contributed by atoms with van der Waals surface area (Å²) < 4.78 is 13.9. The molecule has 0 amide bonds. The van der Waals surface area contributed by atoms with E-state index in [2.05, 4.69) is 15.3 Å². The van der Waals surface area contributed by atoms with E-state index in [0.29, 0.717) is 11.4 Å². The topological polar surface area (TPSA) is 37.8 Å². The van der Waals surface area contributed by atoms with Crippen LogP contribution in [0.4, 0.5) is 4.39 Å². The van der Waals surface area contributed by atoms with Gasteiger partial charge in [0.1, 0.15) is 17.2 Å². The molecule has 0 saturated heterocycles. The fraction of sp³-hybridized carbons (Fsp3) is 0.231. The molecule has 3 nitrogen and oxygen atoms in total. The summed E-state index contributed by atoms with van der Waals surface area (Å²) in [4.78, 5) is 8.57. The van der Waals surface area contributed by atoms with Crippen molar-refractivity contribution in [2.24, 2.45) is 0 Å². The molecule has 0 aliphatic rings. The van der Waals surface area contributed by atoms with Gasteiger partial charge in [-0.1, -0.05) is 30.8 Å². The molecular formula is C13H14FN3S. The van der Waals surface area contributed by atoms with Crippen molar-refractivity contribution in [2.75, 3.05) is 6.54 Å². The summed E-state index contributed by atoms with van der Waals surface area (Å²) in [5.74, 6) is -0.214. The Kier molecular flexibility index (Phi) is 4.66. The fourth-order valence-corrected chi connectivity index (χ4v) is 2.38. The molecule has 0 atom stereocenters. The minimum atomic E-state index is -0.214. The quantitative estimate of drug-likeness (QED) is 0.842. The van der Waals surface area contributed by atoms with Crippen molar-refractivity contribution in [2.45, 2.75) is 23.4 Å². The van der Waals surface area contributed by atoms with Crippen LogP contribution >= 0.6 is 11.8 Å². The second-order valence-electron chi connectivity index (χ2n) is 3.66. The van der Waals surface area contributed by atoms with Crippen molar-refractivity contribution >= 4 is 11.8 Å². The lowest BCUT2D eigenvalue weighted by Gasteiger charge is -2.10. The molecule has 1 heterocycles. The Labute approximate surface area is 110 Å². The number of hydrogen-bond acceptors (Lipinski definition) is 4. The Hall–Kier alpha value is -1.46. The molecular weight excluding hydrogens is 249 g/mol. The molecule has 0 aliphatic carbocycles. The summed E-state index contributed by atoms with van der Waals surface area (Å²) in [7, 11) is 0. The molecule has 1 aromatic heterocycles. The predicted molar refractivity (Wildman–Crippen MR) is 69.9 cm³/mol. The molecule has 1 N–H and O–H groups in total. The molecule has 0 unspecified atom stereocenters. The Bertz CT molecular complexity index is 505. The van der Waals surface area contributed by atoms with E-state index in [1.807, 2.05) is 13.0 Å². The summed E-state index contributed by atoms with van der Waals surface area (Å²) in [6.07, 6.45) is 3.12. The van der Waals surface area contributed by atoms with Crippen LogP contribution in [0.5, 0.6) is 0 Å². The molecule has 18 heavy (non-hydrogen) atoms. The highest BCUT2D eigenvalue weighted by Crippen LogP contribution is 2.31. The second kappa shape index (κ2) is 6.47. The third-order valence-electron chi connectivity index (χ3n) is 2.38. The Morgan fingerprint density at radius 1 is 1.33 bits per heavy atom. The maximum Gasteiger partial charge on any atom is 0.137 e. The highest BCUT2D eigenvalue weighted by Gasteiger charge is 2.10. The van der Waals surface area contributed by atoms with Crippen LogP contribution in [0.1, 0.15) is 12.5 Å². The van der Waals surface area contributed by atoms with Crippen molar-refractivity contribution in [3.05, 3.63) is 48.2 Å². The zero-order chi connectivity index (χ0) is 12.8. The van der Waals surface area contributed by atoms with Crippen molar-refractivity contribution in [3.8, 4) is 0 Å². The first-order valence-corrected chi connectivity index (χ1v) is 6.55. The van der Waals surface area contributed by atoms with Gasteiger partial charge in [0, 0.05) is 12.7 Å². The van der Waals surface area contributed by atoms with E-state index in [-0.39, 0.29) is 5.82 Å². The summed E-state index contributed by atoms with van der Waals surface area (Å²) >= 11 is 1.33. The zero-order valence-corrected chi connectivity index (χ0v) is 10.9. The lowest BCUT2D eigenvalue weighted by atomic mass is 10.2. The van der Waals surface area contributed by atoms with Gasteiger partial charge in [-0.05, 0) is 24.2 Å². The van der Waals surface area contributed by atoms with Crippen molar-refractivity contribution in [1.82, 2.24) is 15.3 Å². The molecule has 0 saturated carbocycles. The van der Waals surface area contributed by atoms with Crippen molar-refractivity contribution in [1.29, 1.82) is 0 Å². The van der Waals surface area contributed by atoms with Gasteiger partial charge in [0.05, 0.1) is 4.90 Å². The first-order chi connectivity index (χ1) is 8.81. The van der Waals surface area contributed by atoms with Gasteiger partial charge in [0.2, 0.25) is 0 Å². The summed E-state index contributed by atoms with van der Waals surface area (Å²) in [5, 5.41) is 3.95. The average Bonchev–Trinajstić information content (AvgIpc) is 2.41. The van der Waals surface area contributed by atoms with Crippen LogP contribution in [0.15, 0.2) is 46.7 Å². The van der Waals surface area contributed by atoms with Crippen LogP contribution in [0.2, 0.25) is 0 Å². The Morgan fingerprint density at radius 3 is 2.94 bits per heavy atom. The molecule has 2 aromatic rings. The maximum absolute atomic E-state index is 13.9. The van der Waals surface area contributed by atoms with Crippen LogP contribution in [0.25, 0.3) is 0 Å². The first-order valence-electron chi connectivity index (χ1n) is 5.73. The van der Waals surface area contributed by atoms with Crippen LogP contribution in [0.3, 0.4) is 0 Å². The van der Waals surface area contributed by atoms with Gasteiger partial charge in [-0.2, -0.15) is 0 Å². The molecule has 0 radical (unpaired) electrons. The number of aromatic nitrogens is 2. The summed E-state index contributed by atoms with van der Waals surface area (Å²) in [6.45, 7) is 3.53. The molecule has 0 bridgehead atoms. The van der Waals surface area contributed by atoms with Gasteiger partial charge >= 0.3 is 0 Å². The highest BCUT2D eigenvalue weighted by molar-refractivity contribution is 7.99. The summed E-state index contributed by atoms with van der Waals surface area (Å²) in [6, 6.07) is 6.90. The lowest BCUT2D eigenvalue weighted by Crippen LogP contribution is -2.12. The van der Waals surface area contributed by atoms with E-state index in [0.717, 1.165) is 17.1 Å². The van der Waals surface area contributed by atoms with E-state index in [4.69, 9.17) is 0 Å². The molecule has 0 spiro atoms. The molecule has 5 heteroatoms. The van der Waals surface area contributed by atoms with E-state index >= 15 is 0 Å². The number of rotatable bonds is 5. The monoisotopic (exact) mass is 263 g/mol. The number of benzene rings is 1. The third-order valence-corrected chi connectivity index (χ3v) is 3.49. The van der Waals surface area contributed by atoms with Gasteiger partial charge in [-0.3, -0.25) is 0 Å². The molecule has 2 rings (SSSR count). The standard InChI is InChI=1S/C13H14FN3S/c1-2-15-8-10-4-3-5-11(14)13(10)18-12-6-7-16-9-17-12/h3-7,9,15H,2,8H2,1H3. The Balaban J connectivity index is 2.25. The van der Waals surface area contributed by atoms with E-state index in [1.54, 1.807) is 18.3 Å². The Morgan fingerprint density at radius 2 is 2.22 bits per heavy atom. The molecule has 0 aliphatic heterocycles. The smallest absolute Gasteiger partial charge is 0.137 e. The fourth-order valence-electron chi connectivity index (χ4n) is 1.51. The van der Waals surface area contributed by atoms with Gasteiger partial charge < -0.3 is 5.32 Å². The average molecular weight is 263 g/mol. The van der Waals surface area contributed by atoms with E-state index < -0.39 is 0 Å². The molecule has 94 valence electrons. The first kappa shape index (κ1) is 13.0. The van der Waals surface area contributed by atoms with Gasteiger partial charge in [-0.15, -0.1) is 0 Å². The predicted octanol–water partition coefficient (Wildman–Crippen LogP) is 2.88. The van der Waals surface area contributed by atoms with Crippen LogP contribution in [0, 0.1) is 5.82 Å². The van der Waals surface area contributed by atoms with E-state index in [1.165, 1.54) is 24.2 Å². The van der Waals surface area contributed by atoms with Gasteiger partial charge in [-0.25, -0.2) is 14.4 Å². The van der Waals surface area contributed by atoms with Gasteiger partial charge in [0.15, 0.2) is 0 Å². The highest BCUT2D eigenvalue weighted by atomic mass is 32.2. The summed E-state index contributed by atoms with van der Waals surface area (Å²) in [5.41, 5.74) is 0.945. The van der Waals surface area contributed by atoms with Crippen LogP contribution < -0.4 is 5.32 Å². The maximum atomic E-state index is 13.9. The SMILES string of the molecule is CCNCc1cccc(F)c1Sc1ccncn1.